The zero-order valence-corrected chi connectivity index (χ0v) is 12.0. The highest BCUT2D eigenvalue weighted by atomic mass is 16.5. The topological polar surface area (TPSA) is 76.5 Å². The van der Waals surface area contributed by atoms with E-state index >= 15 is 0 Å². The summed E-state index contributed by atoms with van der Waals surface area (Å²) in [6.45, 7) is 1.46. The first kappa shape index (κ1) is 15.4. The van der Waals surface area contributed by atoms with Gasteiger partial charge in [0, 0.05) is 18.0 Å². The number of nitrogens with zero attached hydrogens (tertiary/aromatic N) is 1. The van der Waals surface area contributed by atoms with Gasteiger partial charge in [0.1, 0.15) is 5.75 Å². The first-order valence-corrected chi connectivity index (χ1v) is 6.68. The Morgan fingerprint density at radius 3 is 2.77 bits per heavy atom. The van der Waals surface area contributed by atoms with Crippen LogP contribution in [0.25, 0.3) is 6.08 Å². The summed E-state index contributed by atoms with van der Waals surface area (Å²) < 4.78 is 5.28. The molecule has 0 aliphatic heterocycles. The fourth-order valence-corrected chi connectivity index (χ4v) is 1.72. The maximum atomic E-state index is 11.9. The molecule has 1 aromatic heterocycles. The normalized spacial score (nSPS) is 12.0. The molecule has 22 heavy (non-hydrogen) atoms. The maximum Gasteiger partial charge on any atom is 0.344 e. The number of benzene rings is 1. The van der Waals surface area contributed by atoms with Gasteiger partial charge in [0.25, 0.3) is 0 Å². The molecule has 0 radical (unpaired) electrons. The van der Waals surface area contributed by atoms with Gasteiger partial charge in [0.05, 0.1) is 0 Å². The zero-order valence-electron chi connectivity index (χ0n) is 12.0. The van der Waals surface area contributed by atoms with Crippen LogP contribution in [-0.4, -0.2) is 27.9 Å². The van der Waals surface area contributed by atoms with E-state index in [-0.39, 0.29) is 5.78 Å². The highest BCUT2D eigenvalue weighted by Gasteiger charge is 2.12. The molecule has 5 nitrogen and oxygen atoms in total. The molecule has 0 fully saturated rings. The second-order valence-electron chi connectivity index (χ2n) is 4.61. The van der Waals surface area contributed by atoms with Crippen molar-refractivity contribution in [1.29, 1.82) is 0 Å². The lowest BCUT2D eigenvalue weighted by atomic mass is 10.1. The summed E-state index contributed by atoms with van der Waals surface area (Å²) in [5.74, 6) is -0.753. The molecule has 112 valence electrons. The number of rotatable bonds is 6. The number of hydrogen-bond acceptors (Lipinski definition) is 4. The van der Waals surface area contributed by atoms with Crippen molar-refractivity contribution in [3.63, 3.8) is 0 Å². The smallest absolute Gasteiger partial charge is 0.344 e. The van der Waals surface area contributed by atoms with Crippen molar-refractivity contribution in [1.82, 2.24) is 4.98 Å². The van der Waals surface area contributed by atoms with Crippen LogP contribution in [0.1, 0.15) is 22.8 Å². The molecule has 1 unspecified atom stereocenters. The van der Waals surface area contributed by atoms with Gasteiger partial charge in [0.15, 0.2) is 11.9 Å². The molecule has 2 aromatic rings. The Bertz CT molecular complexity index is 695. The van der Waals surface area contributed by atoms with Gasteiger partial charge in [-0.2, -0.15) is 0 Å². The summed E-state index contributed by atoms with van der Waals surface area (Å²) in [6.07, 6.45) is 5.26. The first-order chi connectivity index (χ1) is 10.6. The third kappa shape index (κ3) is 4.28. The van der Waals surface area contributed by atoms with Gasteiger partial charge in [-0.15, -0.1) is 0 Å². The van der Waals surface area contributed by atoms with E-state index < -0.39 is 12.1 Å². The fraction of sp³-hybridized carbons (Fsp3) is 0.118. The van der Waals surface area contributed by atoms with Crippen LogP contribution in [0.15, 0.2) is 54.9 Å². The number of carboxylic acid groups (broad SMARTS) is 1. The molecular formula is C17H15NO4. The Kier molecular flexibility index (Phi) is 5.03. The summed E-state index contributed by atoms with van der Waals surface area (Å²) in [4.78, 5) is 26.6. The number of carboxylic acids is 1. The molecule has 0 aliphatic rings. The van der Waals surface area contributed by atoms with Crippen LogP contribution in [0.5, 0.6) is 5.75 Å². The molecular weight excluding hydrogens is 282 g/mol. The molecule has 1 aromatic carbocycles. The molecule has 0 amide bonds. The molecule has 0 saturated heterocycles. The standard InChI is InChI=1S/C17H15NO4/c1-12(17(20)21)22-15-6-2-4-13(10-15)7-8-16(19)14-5-3-9-18-11-14/h2-12H,1H3,(H,20,21). The van der Waals surface area contributed by atoms with E-state index in [2.05, 4.69) is 4.98 Å². The van der Waals surface area contributed by atoms with E-state index in [9.17, 15) is 9.59 Å². The lowest BCUT2D eigenvalue weighted by molar-refractivity contribution is -0.144. The number of ether oxygens (including phenoxy) is 1. The Labute approximate surface area is 127 Å². The van der Waals surface area contributed by atoms with Crippen LogP contribution in [0.2, 0.25) is 0 Å². The molecule has 1 N–H and O–H groups in total. The molecule has 0 aliphatic carbocycles. The van der Waals surface area contributed by atoms with Crippen molar-refractivity contribution in [2.45, 2.75) is 13.0 Å². The number of allylic oxidation sites excluding steroid dienone is 1. The van der Waals surface area contributed by atoms with Gasteiger partial charge in [-0.1, -0.05) is 18.2 Å². The Balaban J connectivity index is 2.08. The van der Waals surface area contributed by atoms with Crippen molar-refractivity contribution in [2.75, 3.05) is 0 Å². The van der Waals surface area contributed by atoms with E-state index in [4.69, 9.17) is 9.84 Å². The van der Waals surface area contributed by atoms with Gasteiger partial charge >= 0.3 is 5.97 Å². The molecule has 1 heterocycles. The van der Waals surface area contributed by atoms with Gasteiger partial charge in [0.2, 0.25) is 0 Å². The second-order valence-corrected chi connectivity index (χ2v) is 4.61. The monoisotopic (exact) mass is 297 g/mol. The fourth-order valence-electron chi connectivity index (χ4n) is 1.72. The molecule has 5 heteroatoms. The summed E-state index contributed by atoms with van der Waals surface area (Å²) >= 11 is 0. The van der Waals surface area contributed by atoms with Crippen LogP contribution in [0, 0.1) is 0 Å². The number of carbonyl (C=O) groups is 2. The molecule has 0 saturated carbocycles. The second kappa shape index (κ2) is 7.17. The number of aliphatic carboxylic acids is 1. The van der Waals surface area contributed by atoms with E-state index in [1.54, 1.807) is 48.7 Å². The van der Waals surface area contributed by atoms with Crippen molar-refractivity contribution < 1.29 is 19.4 Å². The number of aromatic nitrogens is 1. The minimum Gasteiger partial charge on any atom is -0.479 e. The van der Waals surface area contributed by atoms with E-state index in [0.29, 0.717) is 11.3 Å². The Hall–Kier alpha value is -2.95. The predicted molar refractivity (Wildman–Crippen MR) is 81.8 cm³/mol. The van der Waals surface area contributed by atoms with E-state index in [0.717, 1.165) is 5.56 Å². The number of pyridine rings is 1. The minimum absolute atomic E-state index is 0.154. The number of hydrogen-bond donors (Lipinski definition) is 1. The number of ketones is 1. The Morgan fingerprint density at radius 1 is 1.27 bits per heavy atom. The Morgan fingerprint density at radius 2 is 2.09 bits per heavy atom. The highest BCUT2D eigenvalue weighted by Crippen LogP contribution is 2.16. The third-order valence-electron chi connectivity index (χ3n) is 2.89. The predicted octanol–water partition coefficient (Wildman–Crippen LogP) is 2.83. The lowest BCUT2D eigenvalue weighted by Crippen LogP contribution is -2.22. The number of carbonyl (C=O) groups excluding carboxylic acids is 1. The molecule has 0 spiro atoms. The molecule has 2 rings (SSSR count). The van der Waals surface area contributed by atoms with Crippen molar-refractivity contribution in [3.8, 4) is 5.75 Å². The van der Waals surface area contributed by atoms with E-state index in [1.807, 2.05) is 0 Å². The van der Waals surface area contributed by atoms with Crippen LogP contribution < -0.4 is 4.74 Å². The van der Waals surface area contributed by atoms with Crippen molar-refractivity contribution in [3.05, 3.63) is 66.0 Å². The minimum atomic E-state index is -1.03. The van der Waals surface area contributed by atoms with Crippen molar-refractivity contribution in [2.24, 2.45) is 0 Å². The average molecular weight is 297 g/mol. The third-order valence-corrected chi connectivity index (χ3v) is 2.89. The summed E-state index contributed by atoms with van der Waals surface area (Å²) in [6, 6.07) is 10.3. The summed E-state index contributed by atoms with van der Waals surface area (Å²) in [5.41, 5.74) is 1.25. The zero-order chi connectivity index (χ0) is 15.9. The first-order valence-electron chi connectivity index (χ1n) is 6.68. The average Bonchev–Trinajstić information content (AvgIpc) is 2.53. The molecule has 0 bridgehead atoms. The highest BCUT2D eigenvalue weighted by molar-refractivity contribution is 6.06. The van der Waals surface area contributed by atoms with Crippen LogP contribution in [-0.2, 0) is 4.79 Å². The van der Waals surface area contributed by atoms with Crippen LogP contribution >= 0.6 is 0 Å². The van der Waals surface area contributed by atoms with Gasteiger partial charge in [-0.25, -0.2) is 4.79 Å². The van der Waals surface area contributed by atoms with Gasteiger partial charge < -0.3 is 9.84 Å². The van der Waals surface area contributed by atoms with Gasteiger partial charge in [-0.3, -0.25) is 9.78 Å². The van der Waals surface area contributed by atoms with E-state index in [1.165, 1.54) is 19.2 Å². The summed E-state index contributed by atoms with van der Waals surface area (Å²) in [5, 5.41) is 8.83. The summed E-state index contributed by atoms with van der Waals surface area (Å²) in [7, 11) is 0. The maximum absolute atomic E-state index is 11.9. The SMILES string of the molecule is CC(Oc1cccc(C=CC(=O)c2cccnc2)c1)C(=O)O. The van der Waals surface area contributed by atoms with Gasteiger partial charge in [-0.05, 0) is 42.8 Å². The van der Waals surface area contributed by atoms with Crippen LogP contribution in [0.4, 0.5) is 0 Å². The largest absolute Gasteiger partial charge is 0.479 e. The molecule has 1 atom stereocenters. The quantitative estimate of drug-likeness (QED) is 0.655. The van der Waals surface area contributed by atoms with Crippen LogP contribution in [0.3, 0.4) is 0 Å². The lowest BCUT2D eigenvalue weighted by Gasteiger charge is -2.10. The van der Waals surface area contributed by atoms with Crippen molar-refractivity contribution >= 4 is 17.8 Å².